The molecule has 21 heavy (non-hydrogen) atoms. The first-order valence-corrected chi connectivity index (χ1v) is 8.47. The Morgan fingerprint density at radius 1 is 1.19 bits per heavy atom. The van der Waals surface area contributed by atoms with Crippen LogP contribution in [0.5, 0.6) is 0 Å². The Morgan fingerprint density at radius 3 is 2.81 bits per heavy atom. The van der Waals surface area contributed by atoms with Crippen molar-refractivity contribution in [2.75, 3.05) is 26.2 Å². The minimum absolute atomic E-state index is 0.0851. The minimum atomic E-state index is 0.0851. The van der Waals surface area contributed by atoms with E-state index < -0.39 is 0 Å². The fourth-order valence-corrected chi connectivity index (χ4v) is 3.71. The summed E-state index contributed by atoms with van der Waals surface area (Å²) in [5.41, 5.74) is 3.19. The van der Waals surface area contributed by atoms with E-state index in [0.29, 0.717) is 0 Å². The third kappa shape index (κ3) is 3.75. The van der Waals surface area contributed by atoms with Crippen molar-refractivity contribution in [3.63, 3.8) is 0 Å². The van der Waals surface area contributed by atoms with Crippen LogP contribution in [0.4, 0.5) is 0 Å². The van der Waals surface area contributed by atoms with Crippen LogP contribution in [0.15, 0.2) is 42.0 Å². The molecule has 0 amide bonds. The van der Waals surface area contributed by atoms with Crippen LogP contribution in [0.1, 0.15) is 44.6 Å². The first kappa shape index (κ1) is 14.8. The fourth-order valence-electron chi connectivity index (χ4n) is 3.71. The number of nitrogens with zero attached hydrogens (tertiary/aromatic N) is 1. The molecule has 1 unspecified atom stereocenters. The molecule has 0 aromatic heterocycles. The van der Waals surface area contributed by atoms with Gasteiger partial charge in [-0.1, -0.05) is 42.0 Å². The summed E-state index contributed by atoms with van der Waals surface area (Å²) >= 11 is 0. The summed E-state index contributed by atoms with van der Waals surface area (Å²) < 4.78 is 0. The molecule has 0 radical (unpaired) electrons. The van der Waals surface area contributed by atoms with Gasteiger partial charge in [-0.15, -0.1) is 0 Å². The second kappa shape index (κ2) is 6.76. The molecule has 2 nitrogen and oxygen atoms in total. The third-order valence-electron chi connectivity index (χ3n) is 5.00. The predicted octanol–water partition coefficient (Wildman–Crippen LogP) is 3.70. The van der Waals surface area contributed by atoms with Gasteiger partial charge in [-0.05, 0) is 57.7 Å². The van der Waals surface area contributed by atoms with Gasteiger partial charge in [0.05, 0.1) is 5.54 Å². The van der Waals surface area contributed by atoms with Crippen LogP contribution in [-0.4, -0.2) is 31.1 Å². The van der Waals surface area contributed by atoms with E-state index in [1.54, 1.807) is 5.57 Å². The number of rotatable bonds is 4. The topological polar surface area (TPSA) is 15.3 Å². The van der Waals surface area contributed by atoms with E-state index in [-0.39, 0.29) is 5.54 Å². The molecular weight excluding hydrogens is 256 g/mol. The molecule has 0 spiro atoms. The lowest BCUT2D eigenvalue weighted by atomic mass is 9.91. The molecule has 0 saturated carbocycles. The van der Waals surface area contributed by atoms with Crippen molar-refractivity contribution in [3.05, 3.63) is 47.5 Å². The first-order chi connectivity index (χ1) is 10.3. The zero-order valence-electron chi connectivity index (χ0n) is 13.3. The molecule has 1 aliphatic carbocycles. The van der Waals surface area contributed by atoms with E-state index in [1.165, 1.54) is 50.8 Å². The minimum Gasteiger partial charge on any atom is -0.307 e. The van der Waals surface area contributed by atoms with E-state index in [1.807, 2.05) is 0 Å². The van der Waals surface area contributed by atoms with E-state index in [0.717, 1.165) is 13.1 Å². The SMILES string of the molecule is CC1(c2ccccc2)CN(CCC2=CCCC2)CCCN1. The number of benzene rings is 1. The van der Waals surface area contributed by atoms with Crippen molar-refractivity contribution in [2.24, 2.45) is 0 Å². The maximum atomic E-state index is 3.78. The van der Waals surface area contributed by atoms with Gasteiger partial charge in [0.2, 0.25) is 0 Å². The lowest BCUT2D eigenvalue weighted by Crippen LogP contribution is -2.46. The highest BCUT2D eigenvalue weighted by atomic mass is 15.2. The Hall–Kier alpha value is -1.12. The standard InChI is InChI=1S/C19H28N2/c1-19(18-10-3-2-4-11-18)16-21(14-7-13-20-19)15-12-17-8-5-6-9-17/h2-4,8,10-11,20H,5-7,9,12-16H2,1H3. The normalized spacial score (nSPS) is 27.4. The molecule has 1 aromatic carbocycles. The van der Waals surface area contributed by atoms with E-state index in [4.69, 9.17) is 0 Å². The molecular formula is C19H28N2. The average molecular weight is 284 g/mol. The van der Waals surface area contributed by atoms with Gasteiger partial charge < -0.3 is 10.2 Å². The maximum absolute atomic E-state index is 3.78. The van der Waals surface area contributed by atoms with Crippen LogP contribution in [0.25, 0.3) is 0 Å². The zero-order valence-corrected chi connectivity index (χ0v) is 13.3. The second-order valence-corrected chi connectivity index (χ2v) is 6.76. The summed E-state index contributed by atoms with van der Waals surface area (Å²) in [6.45, 7) is 7.03. The van der Waals surface area contributed by atoms with Crippen LogP contribution >= 0.6 is 0 Å². The van der Waals surface area contributed by atoms with Crippen molar-refractivity contribution in [1.82, 2.24) is 10.2 Å². The summed E-state index contributed by atoms with van der Waals surface area (Å²) in [4.78, 5) is 2.66. The van der Waals surface area contributed by atoms with Gasteiger partial charge in [-0.2, -0.15) is 0 Å². The monoisotopic (exact) mass is 284 g/mol. The van der Waals surface area contributed by atoms with Crippen molar-refractivity contribution in [2.45, 2.75) is 44.6 Å². The van der Waals surface area contributed by atoms with Gasteiger partial charge >= 0.3 is 0 Å². The zero-order chi connectivity index (χ0) is 14.5. The quantitative estimate of drug-likeness (QED) is 0.848. The van der Waals surface area contributed by atoms with Crippen molar-refractivity contribution in [1.29, 1.82) is 0 Å². The van der Waals surface area contributed by atoms with Crippen LogP contribution in [0.2, 0.25) is 0 Å². The Balaban J connectivity index is 1.65. The Bertz CT molecular complexity index is 480. The summed E-state index contributed by atoms with van der Waals surface area (Å²) in [5.74, 6) is 0. The van der Waals surface area contributed by atoms with E-state index >= 15 is 0 Å². The van der Waals surface area contributed by atoms with Gasteiger partial charge in [-0.3, -0.25) is 0 Å². The second-order valence-electron chi connectivity index (χ2n) is 6.76. The number of nitrogens with one attached hydrogen (secondary N) is 1. The van der Waals surface area contributed by atoms with Crippen LogP contribution < -0.4 is 5.32 Å². The van der Waals surface area contributed by atoms with Crippen LogP contribution in [0, 0.1) is 0 Å². The lowest BCUT2D eigenvalue weighted by molar-refractivity contribution is 0.222. The summed E-state index contributed by atoms with van der Waals surface area (Å²) in [6.07, 6.45) is 9.00. The Kier molecular flexibility index (Phi) is 4.77. The van der Waals surface area contributed by atoms with Gasteiger partial charge in [0.25, 0.3) is 0 Å². The van der Waals surface area contributed by atoms with Crippen molar-refractivity contribution >= 4 is 0 Å². The van der Waals surface area contributed by atoms with Crippen molar-refractivity contribution in [3.8, 4) is 0 Å². The number of hydrogen-bond acceptors (Lipinski definition) is 2. The molecule has 1 fully saturated rings. The highest BCUT2D eigenvalue weighted by Crippen LogP contribution is 2.25. The van der Waals surface area contributed by atoms with Crippen LogP contribution in [-0.2, 0) is 5.54 Å². The molecule has 1 aliphatic heterocycles. The molecule has 1 N–H and O–H groups in total. The lowest BCUT2D eigenvalue weighted by Gasteiger charge is -2.34. The molecule has 1 atom stereocenters. The molecule has 2 aliphatic rings. The smallest absolute Gasteiger partial charge is 0.0534 e. The van der Waals surface area contributed by atoms with Gasteiger partial charge in [-0.25, -0.2) is 0 Å². The molecule has 0 bridgehead atoms. The summed E-state index contributed by atoms with van der Waals surface area (Å²) in [6, 6.07) is 10.9. The molecule has 114 valence electrons. The summed E-state index contributed by atoms with van der Waals surface area (Å²) in [5, 5.41) is 3.78. The highest BCUT2D eigenvalue weighted by Gasteiger charge is 2.30. The Labute approximate surface area is 129 Å². The first-order valence-electron chi connectivity index (χ1n) is 8.47. The third-order valence-corrected chi connectivity index (χ3v) is 5.00. The van der Waals surface area contributed by atoms with Crippen LogP contribution in [0.3, 0.4) is 0 Å². The Morgan fingerprint density at radius 2 is 2.05 bits per heavy atom. The predicted molar refractivity (Wildman–Crippen MR) is 89.4 cm³/mol. The molecule has 3 rings (SSSR count). The maximum Gasteiger partial charge on any atom is 0.0534 e. The van der Waals surface area contributed by atoms with Gasteiger partial charge in [0, 0.05) is 13.1 Å². The molecule has 1 heterocycles. The van der Waals surface area contributed by atoms with E-state index in [9.17, 15) is 0 Å². The van der Waals surface area contributed by atoms with Gasteiger partial charge in [0.1, 0.15) is 0 Å². The van der Waals surface area contributed by atoms with E-state index in [2.05, 4.69) is 53.5 Å². The largest absolute Gasteiger partial charge is 0.307 e. The number of hydrogen-bond donors (Lipinski definition) is 1. The number of allylic oxidation sites excluding steroid dienone is 1. The molecule has 2 heteroatoms. The molecule has 1 aromatic rings. The fraction of sp³-hybridized carbons (Fsp3) is 0.579. The summed E-state index contributed by atoms with van der Waals surface area (Å²) in [7, 11) is 0. The highest BCUT2D eigenvalue weighted by molar-refractivity contribution is 5.24. The average Bonchev–Trinajstić information content (AvgIpc) is 2.96. The van der Waals surface area contributed by atoms with Gasteiger partial charge in [0.15, 0.2) is 0 Å². The molecule has 1 saturated heterocycles. The van der Waals surface area contributed by atoms with Crippen molar-refractivity contribution < 1.29 is 0 Å².